The molecule has 0 fully saturated rings. The van der Waals surface area contributed by atoms with Crippen molar-refractivity contribution in [3.05, 3.63) is 47.4 Å². The van der Waals surface area contributed by atoms with Crippen LogP contribution in [0.3, 0.4) is 0 Å². The van der Waals surface area contributed by atoms with Crippen LogP contribution in [0.5, 0.6) is 0 Å². The smallest absolute Gasteiger partial charge is 0.0903 e. The molecule has 1 aromatic carbocycles. The number of thioether (sulfide) groups is 1. The topological polar surface area (TPSA) is 20.2 Å². The summed E-state index contributed by atoms with van der Waals surface area (Å²) in [6.07, 6.45) is 4.66. The van der Waals surface area contributed by atoms with Crippen LogP contribution in [0.25, 0.3) is 0 Å². The molecule has 0 heterocycles. The molecule has 0 radical (unpaired) electrons. The van der Waals surface area contributed by atoms with Crippen LogP contribution in [0.4, 0.5) is 0 Å². The van der Waals surface area contributed by atoms with E-state index >= 15 is 0 Å². The van der Waals surface area contributed by atoms with E-state index in [0.717, 1.165) is 5.56 Å². The second kappa shape index (κ2) is 5.23. The molecule has 2 heteroatoms. The molecule has 0 amide bonds. The summed E-state index contributed by atoms with van der Waals surface area (Å²) in [4.78, 5) is 0. The second-order valence-electron chi connectivity index (χ2n) is 3.45. The molecule has 1 atom stereocenters. The number of benzene rings is 1. The predicted molar refractivity (Wildman–Crippen MR) is 63.3 cm³/mol. The van der Waals surface area contributed by atoms with E-state index < -0.39 is 5.60 Å². The zero-order valence-electron chi connectivity index (χ0n) is 8.60. The Bertz CT molecular complexity index is 290. The van der Waals surface area contributed by atoms with E-state index in [4.69, 9.17) is 0 Å². The minimum Gasteiger partial charge on any atom is -0.385 e. The predicted octanol–water partition coefficient (Wildman–Crippen LogP) is 3.16. The summed E-state index contributed by atoms with van der Waals surface area (Å²) in [5.41, 5.74) is 0.207. The van der Waals surface area contributed by atoms with Crippen LogP contribution in [-0.2, 0) is 5.60 Å². The van der Waals surface area contributed by atoms with E-state index in [1.165, 1.54) is 0 Å². The number of hydrogen-bond acceptors (Lipinski definition) is 2. The van der Waals surface area contributed by atoms with Crippen molar-refractivity contribution < 1.29 is 5.11 Å². The van der Waals surface area contributed by atoms with Crippen molar-refractivity contribution in [1.82, 2.24) is 0 Å². The van der Waals surface area contributed by atoms with Gasteiger partial charge >= 0.3 is 0 Å². The second-order valence-corrected chi connectivity index (χ2v) is 4.20. The highest BCUT2D eigenvalue weighted by Crippen LogP contribution is 2.24. The van der Waals surface area contributed by atoms with E-state index in [1.54, 1.807) is 11.8 Å². The fourth-order valence-electron chi connectivity index (χ4n) is 1.29. The largest absolute Gasteiger partial charge is 0.385 e. The maximum atomic E-state index is 10.2. The maximum Gasteiger partial charge on any atom is 0.0903 e. The van der Waals surface area contributed by atoms with Crippen molar-refractivity contribution >= 4 is 11.8 Å². The van der Waals surface area contributed by atoms with Gasteiger partial charge in [-0.05, 0) is 30.6 Å². The maximum absolute atomic E-state index is 10.2. The first-order valence-corrected chi connectivity index (χ1v) is 5.91. The molecule has 1 aromatic rings. The van der Waals surface area contributed by atoms with Gasteiger partial charge in [-0.3, -0.25) is 0 Å². The first-order chi connectivity index (χ1) is 6.67. The summed E-state index contributed by atoms with van der Waals surface area (Å²) in [5, 5.41) is 12.1. The van der Waals surface area contributed by atoms with Crippen LogP contribution in [0.15, 0.2) is 41.8 Å². The monoisotopic (exact) mass is 208 g/mol. The molecule has 0 aliphatic heterocycles. The molecule has 0 aromatic heterocycles. The van der Waals surface area contributed by atoms with E-state index in [2.05, 4.69) is 0 Å². The fraction of sp³-hybridized carbons (Fsp3) is 0.333. The van der Waals surface area contributed by atoms with Gasteiger partial charge in [0.05, 0.1) is 5.60 Å². The van der Waals surface area contributed by atoms with Gasteiger partial charge in [-0.1, -0.05) is 36.4 Å². The number of hydrogen-bond donors (Lipinski definition) is 1. The van der Waals surface area contributed by atoms with Crippen molar-refractivity contribution in [2.75, 3.05) is 6.26 Å². The van der Waals surface area contributed by atoms with Crippen molar-refractivity contribution in [2.24, 2.45) is 0 Å². The molecule has 0 spiro atoms. The molecular weight excluding hydrogens is 192 g/mol. The van der Waals surface area contributed by atoms with Gasteiger partial charge in [0.15, 0.2) is 0 Å². The summed E-state index contributed by atoms with van der Waals surface area (Å²) in [6.45, 7) is 1.84. The number of aliphatic hydroxyl groups is 1. The van der Waals surface area contributed by atoms with Gasteiger partial charge in [0.1, 0.15) is 0 Å². The Balaban J connectivity index is 2.70. The van der Waals surface area contributed by atoms with E-state index in [9.17, 15) is 5.11 Å². The summed E-state index contributed by atoms with van der Waals surface area (Å²) < 4.78 is 0. The SMILES string of the molecule is CS/C=C/CC(C)(O)c1ccccc1. The zero-order chi connectivity index (χ0) is 10.4. The minimum atomic E-state index is -0.756. The van der Waals surface area contributed by atoms with Gasteiger partial charge in [0.2, 0.25) is 0 Å². The Labute approximate surface area is 89.8 Å². The standard InChI is InChI=1S/C12H16OS/c1-12(13,9-6-10-14-2)11-7-4-3-5-8-11/h3-8,10,13H,9H2,1-2H3/b10-6+. The third-order valence-electron chi connectivity index (χ3n) is 2.14. The van der Waals surface area contributed by atoms with Crippen LogP contribution >= 0.6 is 11.8 Å². The van der Waals surface area contributed by atoms with Crippen molar-refractivity contribution in [1.29, 1.82) is 0 Å². The third kappa shape index (κ3) is 3.20. The van der Waals surface area contributed by atoms with Crippen molar-refractivity contribution in [2.45, 2.75) is 18.9 Å². The Morgan fingerprint density at radius 1 is 1.36 bits per heavy atom. The molecule has 14 heavy (non-hydrogen) atoms. The average Bonchev–Trinajstić information content (AvgIpc) is 2.19. The normalized spacial score (nSPS) is 15.6. The Morgan fingerprint density at radius 3 is 2.57 bits per heavy atom. The van der Waals surface area contributed by atoms with Gasteiger partial charge in [-0.15, -0.1) is 11.8 Å². The molecular formula is C12H16OS. The molecule has 0 aliphatic carbocycles. The van der Waals surface area contributed by atoms with E-state index in [0.29, 0.717) is 6.42 Å². The quantitative estimate of drug-likeness (QED) is 0.820. The van der Waals surface area contributed by atoms with Crippen molar-refractivity contribution in [3.63, 3.8) is 0 Å². The highest BCUT2D eigenvalue weighted by Gasteiger charge is 2.20. The van der Waals surface area contributed by atoms with Crippen molar-refractivity contribution in [3.8, 4) is 0 Å². The minimum absolute atomic E-state index is 0.651. The van der Waals surface area contributed by atoms with Gasteiger partial charge in [0, 0.05) is 0 Å². The highest BCUT2D eigenvalue weighted by atomic mass is 32.2. The molecule has 1 N–H and O–H groups in total. The number of rotatable bonds is 4. The Morgan fingerprint density at radius 2 is 2.00 bits per heavy atom. The lowest BCUT2D eigenvalue weighted by Gasteiger charge is -2.21. The Hall–Kier alpha value is -0.730. The van der Waals surface area contributed by atoms with Crippen LogP contribution in [0.1, 0.15) is 18.9 Å². The van der Waals surface area contributed by atoms with E-state index in [-0.39, 0.29) is 0 Å². The van der Waals surface area contributed by atoms with Crippen LogP contribution in [0, 0.1) is 0 Å². The summed E-state index contributed by atoms with van der Waals surface area (Å²) in [5.74, 6) is 0. The van der Waals surface area contributed by atoms with Gasteiger partial charge in [0.25, 0.3) is 0 Å². The fourth-order valence-corrected chi connectivity index (χ4v) is 1.58. The molecule has 1 rings (SSSR count). The summed E-state index contributed by atoms with van der Waals surface area (Å²) in [6, 6.07) is 9.75. The molecule has 1 nitrogen and oxygen atoms in total. The van der Waals surface area contributed by atoms with Crippen LogP contribution in [-0.4, -0.2) is 11.4 Å². The highest BCUT2D eigenvalue weighted by molar-refractivity contribution is 8.01. The van der Waals surface area contributed by atoms with Gasteiger partial charge in [-0.2, -0.15) is 0 Å². The first-order valence-electron chi connectivity index (χ1n) is 4.62. The zero-order valence-corrected chi connectivity index (χ0v) is 9.42. The van der Waals surface area contributed by atoms with Gasteiger partial charge in [-0.25, -0.2) is 0 Å². The average molecular weight is 208 g/mol. The molecule has 1 unspecified atom stereocenters. The lowest BCUT2D eigenvalue weighted by molar-refractivity contribution is 0.0606. The summed E-state index contributed by atoms with van der Waals surface area (Å²) >= 11 is 1.65. The van der Waals surface area contributed by atoms with Crippen LogP contribution < -0.4 is 0 Å². The Kier molecular flexibility index (Phi) is 4.23. The molecule has 0 aliphatic rings. The molecule has 0 bridgehead atoms. The summed E-state index contributed by atoms with van der Waals surface area (Å²) in [7, 11) is 0. The van der Waals surface area contributed by atoms with Gasteiger partial charge < -0.3 is 5.11 Å². The molecule has 76 valence electrons. The third-order valence-corrected chi connectivity index (χ3v) is 2.61. The molecule has 0 saturated carbocycles. The molecule has 0 saturated heterocycles. The first kappa shape index (κ1) is 11.3. The lowest BCUT2D eigenvalue weighted by atomic mass is 9.93. The van der Waals surface area contributed by atoms with Crippen LogP contribution in [0.2, 0.25) is 0 Å². The lowest BCUT2D eigenvalue weighted by Crippen LogP contribution is -2.19. The van der Waals surface area contributed by atoms with E-state index in [1.807, 2.05) is 55.0 Å².